The normalized spacial score (nSPS) is 20.2. The lowest BCUT2D eigenvalue weighted by Gasteiger charge is -2.19. The molecule has 0 aromatic rings. The van der Waals surface area contributed by atoms with Gasteiger partial charge in [0.05, 0.1) is 0 Å². The van der Waals surface area contributed by atoms with Crippen LogP contribution < -0.4 is 0 Å². The van der Waals surface area contributed by atoms with E-state index in [0.29, 0.717) is 0 Å². The molecule has 0 spiro atoms. The molecule has 1 rings (SSSR count). The van der Waals surface area contributed by atoms with Crippen LogP contribution in [-0.4, -0.2) is 12.1 Å². The number of hydrogen-bond acceptors (Lipinski definition) is 2. The maximum atomic E-state index is 11.1. The van der Waals surface area contributed by atoms with Crippen LogP contribution in [0.2, 0.25) is 0 Å². The van der Waals surface area contributed by atoms with E-state index in [2.05, 4.69) is 25.7 Å². The van der Waals surface area contributed by atoms with Crippen molar-refractivity contribution in [3.05, 3.63) is 48.1 Å². The fourth-order valence-corrected chi connectivity index (χ4v) is 1.72. The Balaban J connectivity index is 2.74. The van der Waals surface area contributed by atoms with Gasteiger partial charge in [-0.05, 0) is 30.6 Å². The van der Waals surface area contributed by atoms with Crippen molar-refractivity contribution in [2.24, 2.45) is 0 Å². The monoisotopic (exact) mass is 218 g/mol. The van der Waals surface area contributed by atoms with Gasteiger partial charge in [-0.1, -0.05) is 31.7 Å². The standard InChI is InChI=1S/C14H18O2/c1-4-7-12-8-9-13(10-11(12)5-2)16-14(15)6-3/h4,6-8,10,13H,3,5,9H2,1-2H3/b7-4-. The summed E-state index contributed by atoms with van der Waals surface area (Å²) in [6.07, 6.45) is 11.0. The van der Waals surface area contributed by atoms with Crippen molar-refractivity contribution in [3.8, 4) is 0 Å². The van der Waals surface area contributed by atoms with Crippen LogP contribution in [-0.2, 0) is 9.53 Å². The smallest absolute Gasteiger partial charge is 0.330 e. The molecule has 0 amide bonds. The number of esters is 1. The Bertz CT molecular complexity index is 359. The largest absolute Gasteiger partial charge is 0.455 e. The zero-order valence-corrected chi connectivity index (χ0v) is 9.90. The van der Waals surface area contributed by atoms with E-state index < -0.39 is 0 Å². The molecule has 0 bridgehead atoms. The van der Waals surface area contributed by atoms with E-state index >= 15 is 0 Å². The Kier molecular flexibility index (Phi) is 4.77. The second-order valence-corrected chi connectivity index (χ2v) is 3.62. The summed E-state index contributed by atoms with van der Waals surface area (Å²) in [6.45, 7) is 7.48. The number of hydrogen-bond donors (Lipinski definition) is 0. The third-order valence-corrected chi connectivity index (χ3v) is 2.49. The minimum Gasteiger partial charge on any atom is -0.455 e. The summed E-state index contributed by atoms with van der Waals surface area (Å²) in [5, 5.41) is 0. The van der Waals surface area contributed by atoms with Gasteiger partial charge in [0.1, 0.15) is 6.10 Å². The molecule has 86 valence electrons. The van der Waals surface area contributed by atoms with Gasteiger partial charge in [-0.25, -0.2) is 4.79 Å². The van der Waals surface area contributed by atoms with Gasteiger partial charge in [-0.2, -0.15) is 0 Å². The summed E-state index contributed by atoms with van der Waals surface area (Å²) in [4.78, 5) is 11.1. The second kappa shape index (κ2) is 6.11. The van der Waals surface area contributed by atoms with Gasteiger partial charge < -0.3 is 4.74 Å². The molecule has 0 aromatic carbocycles. The van der Waals surface area contributed by atoms with Crippen LogP contribution in [0.1, 0.15) is 26.7 Å². The van der Waals surface area contributed by atoms with E-state index in [9.17, 15) is 4.79 Å². The van der Waals surface area contributed by atoms with Gasteiger partial charge in [-0.3, -0.25) is 0 Å². The first-order valence-corrected chi connectivity index (χ1v) is 5.58. The highest BCUT2D eigenvalue weighted by Gasteiger charge is 2.15. The summed E-state index contributed by atoms with van der Waals surface area (Å²) in [5.41, 5.74) is 2.46. The van der Waals surface area contributed by atoms with E-state index in [4.69, 9.17) is 4.74 Å². The summed E-state index contributed by atoms with van der Waals surface area (Å²) < 4.78 is 5.20. The predicted molar refractivity (Wildman–Crippen MR) is 66.0 cm³/mol. The van der Waals surface area contributed by atoms with Crippen molar-refractivity contribution < 1.29 is 9.53 Å². The zero-order chi connectivity index (χ0) is 12.0. The van der Waals surface area contributed by atoms with Crippen molar-refractivity contribution in [1.29, 1.82) is 0 Å². The highest BCUT2D eigenvalue weighted by Crippen LogP contribution is 2.24. The summed E-state index contributed by atoms with van der Waals surface area (Å²) in [7, 11) is 0. The molecule has 0 radical (unpaired) electrons. The fraction of sp³-hybridized carbons (Fsp3) is 0.357. The van der Waals surface area contributed by atoms with Crippen molar-refractivity contribution in [3.63, 3.8) is 0 Å². The molecule has 16 heavy (non-hydrogen) atoms. The molecule has 0 fully saturated rings. The second-order valence-electron chi connectivity index (χ2n) is 3.62. The molecule has 2 nitrogen and oxygen atoms in total. The highest BCUT2D eigenvalue weighted by molar-refractivity contribution is 5.81. The Morgan fingerprint density at radius 1 is 1.69 bits per heavy atom. The highest BCUT2D eigenvalue weighted by atomic mass is 16.5. The molecule has 2 heteroatoms. The van der Waals surface area contributed by atoms with Crippen LogP contribution in [0.4, 0.5) is 0 Å². The van der Waals surface area contributed by atoms with E-state index in [1.807, 2.05) is 19.1 Å². The average molecular weight is 218 g/mol. The molecule has 0 heterocycles. The van der Waals surface area contributed by atoms with Crippen molar-refractivity contribution in [1.82, 2.24) is 0 Å². The van der Waals surface area contributed by atoms with E-state index in [1.54, 1.807) is 0 Å². The first-order valence-electron chi connectivity index (χ1n) is 5.58. The molecule has 1 atom stereocenters. The van der Waals surface area contributed by atoms with Gasteiger partial charge in [0, 0.05) is 12.5 Å². The van der Waals surface area contributed by atoms with E-state index in [-0.39, 0.29) is 12.1 Å². The van der Waals surface area contributed by atoms with Crippen molar-refractivity contribution >= 4 is 5.97 Å². The van der Waals surface area contributed by atoms with Crippen molar-refractivity contribution in [2.75, 3.05) is 0 Å². The molecule has 0 saturated heterocycles. The van der Waals surface area contributed by atoms with Crippen molar-refractivity contribution in [2.45, 2.75) is 32.8 Å². The number of allylic oxidation sites excluding steroid dienone is 4. The maximum Gasteiger partial charge on any atom is 0.330 e. The number of carbonyl (C=O) groups is 1. The summed E-state index contributed by atoms with van der Waals surface area (Å²) in [5.74, 6) is -0.361. The molecule has 0 aliphatic heterocycles. The third kappa shape index (κ3) is 3.23. The molecule has 0 aromatic heterocycles. The topological polar surface area (TPSA) is 26.3 Å². The average Bonchev–Trinajstić information content (AvgIpc) is 2.31. The Morgan fingerprint density at radius 3 is 3.00 bits per heavy atom. The van der Waals surface area contributed by atoms with Crippen LogP contribution in [0.3, 0.4) is 0 Å². The number of carbonyl (C=O) groups excluding carboxylic acids is 1. The quantitative estimate of drug-likeness (QED) is 0.534. The first-order chi connectivity index (χ1) is 7.71. The molecule has 1 aliphatic rings. The van der Waals surface area contributed by atoms with Gasteiger partial charge in [0.2, 0.25) is 0 Å². The molecular weight excluding hydrogens is 200 g/mol. The van der Waals surface area contributed by atoms with Crippen LogP contribution in [0, 0.1) is 0 Å². The Hall–Kier alpha value is -1.57. The SMILES string of the molecule is C=CC(=O)OC1C=C(CC)C(/C=C\C)=CC1. The zero-order valence-electron chi connectivity index (χ0n) is 9.90. The minimum absolute atomic E-state index is 0.144. The summed E-state index contributed by atoms with van der Waals surface area (Å²) in [6, 6.07) is 0. The van der Waals surface area contributed by atoms with E-state index in [1.165, 1.54) is 17.2 Å². The molecule has 0 N–H and O–H groups in total. The first kappa shape index (κ1) is 12.5. The lowest BCUT2D eigenvalue weighted by molar-refractivity contribution is -0.140. The maximum absolute atomic E-state index is 11.1. The van der Waals surface area contributed by atoms with E-state index in [0.717, 1.165) is 12.8 Å². The van der Waals surface area contributed by atoms with Crippen LogP contribution in [0.15, 0.2) is 48.1 Å². The van der Waals surface area contributed by atoms with Crippen LogP contribution >= 0.6 is 0 Å². The summed E-state index contributed by atoms with van der Waals surface area (Å²) >= 11 is 0. The van der Waals surface area contributed by atoms with Crippen LogP contribution in [0.25, 0.3) is 0 Å². The Labute approximate surface area is 97.0 Å². The lowest BCUT2D eigenvalue weighted by Crippen LogP contribution is -2.17. The minimum atomic E-state index is -0.361. The van der Waals surface area contributed by atoms with Gasteiger partial charge >= 0.3 is 5.97 Å². The van der Waals surface area contributed by atoms with Crippen LogP contribution in [0.5, 0.6) is 0 Å². The third-order valence-electron chi connectivity index (χ3n) is 2.49. The molecule has 1 unspecified atom stereocenters. The van der Waals surface area contributed by atoms with Gasteiger partial charge in [-0.15, -0.1) is 0 Å². The Morgan fingerprint density at radius 2 is 2.44 bits per heavy atom. The number of ether oxygens (including phenoxy) is 1. The van der Waals surface area contributed by atoms with Gasteiger partial charge in [0.15, 0.2) is 0 Å². The number of rotatable bonds is 4. The lowest BCUT2D eigenvalue weighted by atomic mass is 9.94. The molecular formula is C14H18O2. The fourth-order valence-electron chi connectivity index (χ4n) is 1.72. The van der Waals surface area contributed by atoms with Gasteiger partial charge in [0.25, 0.3) is 0 Å². The molecule has 0 saturated carbocycles. The predicted octanol–water partition coefficient (Wildman–Crippen LogP) is 3.33. The molecule has 1 aliphatic carbocycles.